The highest BCUT2D eigenvalue weighted by molar-refractivity contribution is 5.98. The fourth-order valence-electron chi connectivity index (χ4n) is 4.19. The molecule has 0 aliphatic carbocycles. The quantitative estimate of drug-likeness (QED) is 0.374. The summed E-state index contributed by atoms with van der Waals surface area (Å²) in [5.74, 6) is 1.86. The van der Waals surface area contributed by atoms with E-state index in [1.807, 2.05) is 66.2 Å². The van der Waals surface area contributed by atoms with Crippen LogP contribution in [0.3, 0.4) is 0 Å². The number of carbonyl (C=O) groups excluding carboxylic acids is 1. The molecule has 1 saturated heterocycles. The van der Waals surface area contributed by atoms with Crippen LogP contribution < -0.4 is 21.1 Å². The van der Waals surface area contributed by atoms with Crippen molar-refractivity contribution in [1.29, 1.82) is 0 Å². The number of benzene rings is 2. The summed E-state index contributed by atoms with van der Waals surface area (Å²) in [5, 5.41) is 11.1. The standard InChI is InChI=1S/C25H27N7O3/c1-2-27-25(33)28-13-20-12-17(14-34-20)32-24-21(23(26)29-15-30-24)22(31-32)16-8-10-19(11-9-16)35-18-6-4-3-5-7-18/h3-11,15,17,20H,2,12-14H2,1H3,(H2,26,29,30)(H2,27,28,33). The Balaban J connectivity index is 1.38. The number of nitrogens with two attached hydrogens (primary N) is 1. The number of nitrogen functional groups attached to an aromatic ring is 1. The van der Waals surface area contributed by atoms with Crippen LogP contribution >= 0.6 is 0 Å². The Hall–Kier alpha value is -4.18. The Morgan fingerprint density at radius 3 is 2.66 bits per heavy atom. The van der Waals surface area contributed by atoms with Crippen LogP contribution in [0.1, 0.15) is 19.4 Å². The summed E-state index contributed by atoms with van der Waals surface area (Å²) in [6.07, 6.45) is 2.02. The summed E-state index contributed by atoms with van der Waals surface area (Å²) in [7, 11) is 0. The van der Waals surface area contributed by atoms with Crippen LogP contribution in [-0.2, 0) is 4.74 Å². The van der Waals surface area contributed by atoms with Gasteiger partial charge in [0.2, 0.25) is 0 Å². The Kier molecular flexibility index (Phi) is 6.44. The van der Waals surface area contributed by atoms with Crippen LogP contribution in [0.2, 0.25) is 0 Å². The molecule has 0 radical (unpaired) electrons. The summed E-state index contributed by atoms with van der Waals surface area (Å²) in [4.78, 5) is 20.4. The normalized spacial score (nSPS) is 17.4. The predicted molar refractivity (Wildman–Crippen MR) is 132 cm³/mol. The minimum Gasteiger partial charge on any atom is -0.457 e. The third-order valence-corrected chi connectivity index (χ3v) is 5.86. The molecule has 4 aromatic rings. The zero-order chi connectivity index (χ0) is 24.2. The average molecular weight is 474 g/mol. The van der Waals surface area contributed by atoms with E-state index in [4.69, 9.17) is 20.3 Å². The van der Waals surface area contributed by atoms with Crippen molar-refractivity contribution in [2.24, 2.45) is 0 Å². The van der Waals surface area contributed by atoms with Crippen molar-refractivity contribution < 1.29 is 14.3 Å². The second kappa shape index (κ2) is 9.98. The van der Waals surface area contributed by atoms with E-state index in [-0.39, 0.29) is 18.2 Å². The monoisotopic (exact) mass is 473 g/mol. The zero-order valence-corrected chi connectivity index (χ0v) is 19.3. The van der Waals surface area contributed by atoms with Gasteiger partial charge in [-0.3, -0.25) is 0 Å². The van der Waals surface area contributed by atoms with Gasteiger partial charge in [-0.25, -0.2) is 19.4 Å². The highest BCUT2D eigenvalue weighted by atomic mass is 16.5. The van der Waals surface area contributed by atoms with Crippen molar-refractivity contribution in [3.05, 3.63) is 60.9 Å². The minimum absolute atomic E-state index is 0.0396. The molecule has 4 N–H and O–H groups in total. The van der Waals surface area contributed by atoms with E-state index in [1.54, 1.807) is 0 Å². The van der Waals surface area contributed by atoms with E-state index in [9.17, 15) is 4.79 Å². The number of urea groups is 1. The van der Waals surface area contributed by atoms with Crippen molar-refractivity contribution in [2.75, 3.05) is 25.4 Å². The maximum absolute atomic E-state index is 11.7. The van der Waals surface area contributed by atoms with Crippen molar-refractivity contribution in [3.63, 3.8) is 0 Å². The van der Waals surface area contributed by atoms with E-state index in [2.05, 4.69) is 20.6 Å². The molecule has 35 heavy (non-hydrogen) atoms. The van der Waals surface area contributed by atoms with Gasteiger partial charge in [0.25, 0.3) is 0 Å². The molecule has 1 fully saturated rings. The lowest BCUT2D eigenvalue weighted by atomic mass is 10.1. The highest BCUT2D eigenvalue weighted by Crippen LogP contribution is 2.35. The molecule has 180 valence electrons. The molecule has 5 rings (SSSR count). The maximum Gasteiger partial charge on any atom is 0.314 e. The molecule has 2 atom stereocenters. The summed E-state index contributed by atoms with van der Waals surface area (Å²) in [6.45, 7) is 3.34. The number of carbonyl (C=O) groups is 1. The van der Waals surface area contributed by atoms with Gasteiger partial charge in [0.1, 0.15) is 29.3 Å². The largest absolute Gasteiger partial charge is 0.457 e. The Bertz CT molecular complexity index is 1310. The first-order valence-electron chi connectivity index (χ1n) is 11.6. The lowest BCUT2D eigenvalue weighted by molar-refractivity contribution is 0.107. The van der Waals surface area contributed by atoms with Crippen molar-refractivity contribution >= 4 is 22.9 Å². The fourth-order valence-corrected chi connectivity index (χ4v) is 4.19. The Morgan fingerprint density at radius 1 is 1.11 bits per heavy atom. The summed E-state index contributed by atoms with van der Waals surface area (Å²) >= 11 is 0. The highest BCUT2D eigenvalue weighted by Gasteiger charge is 2.30. The van der Waals surface area contributed by atoms with E-state index >= 15 is 0 Å². The van der Waals surface area contributed by atoms with E-state index in [1.165, 1.54) is 6.33 Å². The minimum atomic E-state index is -0.202. The number of nitrogens with one attached hydrogen (secondary N) is 2. The van der Waals surface area contributed by atoms with Gasteiger partial charge in [0.05, 0.1) is 24.1 Å². The summed E-state index contributed by atoms with van der Waals surface area (Å²) in [5.41, 5.74) is 8.50. The third-order valence-electron chi connectivity index (χ3n) is 5.86. The van der Waals surface area contributed by atoms with Crippen LogP contribution in [0.5, 0.6) is 11.5 Å². The van der Waals surface area contributed by atoms with Crippen molar-refractivity contribution in [3.8, 4) is 22.8 Å². The van der Waals surface area contributed by atoms with Gasteiger partial charge in [-0.15, -0.1) is 0 Å². The van der Waals surface area contributed by atoms with E-state index in [0.717, 1.165) is 17.1 Å². The lowest BCUT2D eigenvalue weighted by Gasteiger charge is -2.12. The van der Waals surface area contributed by atoms with Gasteiger partial charge in [-0.05, 0) is 43.3 Å². The SMILES string of the molecule is CCNC(=O)NCC1CC(n2nc(-c3ccc(Oc4ccccc4)cc3)c3c(N)ncnc32)CO1. The number of amides is 2. The number of hydrogen-bond donors (Lipinski definition) is 3. The third kappa shape index (κ3) is 4.87. The van der Waals surface area contributed by atoms with E-state index in [0.29, 0.717) is 48.7 Å². The predicted octanol–water partition coefficient (Wildman–Crippen LogP) is 3.52. The number of fused-ring (bicyclic) bond motifs is 1. The molecular formula is C25H27N7O3. The Labute approximate surface area is 202 Å². The van der Waals surface area contributed by atoms with Gasteiger partial charge in [-0.1, -0.05) is 18.2 Å². The molecular weight excluding hydrogens is 446 g/mol. The van der Waals surface area contributed by atoms with Gasteiger partial charge in [-0.2, -0.15) is 5.10 Å². The topological polar surface area (TPSA) is 129 Å². The van der Waals surface area contributed by atoms with Crippen molar-refractivity contribution in [2.45, 2.75) is 25.5 Å². The lowest BCUT2D eigenvalue weighted by Crippen LogP contribution is -2.39. The fraction of sp³-hybridized carbons (Fsp3) is 0.280. The number of ether oxygens (including phenoxy) is 2. The smallest absolute Gasteiger partial charge is 0.314 e. The van der Waals surface area contributed by atoms with Gasteiger partial charge in [0, 0.05) is 25.1 Å². The second-order valence-corrected chi connectivity index (χ2v) is 8.28. The van der Waals surface area contributed by atoms with Gasteiger partial charge in [0.15, 0.2) is 5.65 Å². The first-order valence-corrected chi connectivity index (χ1v) is 11.6. The van der Waals surface area contributed by atoms with Crippen molar-refractivity contribution in [1.82, 2.24) is 30.4 Å². The summed E-state index contributed by atoms with van der Waals surface area (Å²) < 4.78 is 13.7. The molecule has 1 aliphatic heterocycles. The van der Waals surface area contributed by atoms with E-state index < -0.39 is 0 Å². The average Bonchev–Trinajstić information content (AvgIpc) is 3.50. The number of nitrogens with zero attached hydrogens (tertiary/aromatic N) is 4. The van der Waals surface area contributed by atoms with Crippen LogP contribution in [0.25, 0.3) is 22.3 Å². The van der Waals surface area contributed by atoms with Crippen LogP contribution in [0, 0.1) is 0 Å². The van der Waals surface area contributed by atoms with Gasteiger partial charge >= 0.3 is 6.03 Å². The molecule has 3 heterocycles. The van der Waals surface area contributed by atoms with Crippen LogP contribution in [0.15, 0.2) is 60.9 Å². The number of para-hydroxylation sites is 1. The molecule has 2 aromatic heterocycles. The number of hydrogen-bond acceptors (Lipinski definition) is 7. The maximum atomic E-state index is 11.7. The van der Waals surface area contributed by atoms with Crippen LogP contribution in [-0.4, -0.2) is 51.6 Å². The zero-order valence-electron chi connectivity index (χ0n) is 19.3. The first-order chi connectivity index (χ1) is 17.1. The first kappa shape index (κ1) is 22.6. The molecule has 0 saturated carbocycles. The molecule has 10 heteroatoms. The molecule has 0 spiro atoms. The molecule has 10 nitrogen and oxygen atoms in total. The molecule has 2 unspecified atom stereocenters. The molecule has 2 amide bonds. The van der Waals surface area contributed by atoms with Gasteiger partial charge < -0.3 is 25.8 Å². The van der Waals surface area contributed by atoms with Crippen LogP contribution in [0.4, 0.5) is 10.6 Å². The second-order valence-electron chi connectivity index (χ2n) is 8.28. The number of anilines is 1. The summed E-state index contributed by atoms with van der Waals surface area (Å²) in [6, 6.07) is 17.1. The molecule has 0 bridgehead atoms. The number of aromatic nitrogens is 4. The number of rotatable bonds is 7. The molecule has 1 aliphatic rings. The Morgan fingerprint density at radius 2 is 1.89 bits per heavy atom. The molecule has 2 aromatic carbocycles.